The van der Waals surface area contributed by atoms with Gasteiger partial charge in [0.2, 0.25) is 5.95 Å². The first-order valence-electron chi connectivity index (χ1n) is 11.1. The van der Waals surface area contributed by atoms with Crippen LogP contribution < -0.4 is 10.2 Å². The first-order valence-corrected chi connectivity index (χ1v) is 11.1. The number of piperidine rings is 1. The third kappa shape index (κ3) is 5.32. The molecule has 0 unspecified atom stereocenters. The van der Waals surface area contributed by atoms with Crippen molar-refractivity contribution in [3.8, 4) is 11.5 Å². The van der Waals surface area contributed by atoms with E-state index in [1.54, 1.807) is 25.1 Å². The number of aromatic nitrogens is 2. The predicted octanol–water partition coefficient (Wildman–Crippen LogP) is 5.53. The largest absolute Gasteiger partial charge is 0.463 e. The standard InChI is InChI=1S/C24H25F3N4O3/c1-2-33-22(32)19-20(18-10-7-13-34-18)29-23(31-11-4-3-5-12-31)30-21(19)28-15-16-8-6-9-17(14-16)24(25,26)27/h6-10,13-14H,2-5,11-12,15H2,1H3,(H,28,29,30). The lowest BCUT2D eigenvalue weighted by atomic mass is 10.1. The highest BCUT2D eigenvalue weighted by Gasteiger charge is 2.31. The van der Waals surface area contributed by atoms with Crippen LogP contribution in [0, 0.1) is 0 Å². The highest BCUT2D eigenvalue weighted by atomic mass is 19.4. The topological polar surface area (TPSA) is 80.5 Å². The van der Waals surface area contributed by atoms with Gasteiger partial charge in [-0.25, -0.2) is 9.78 Å². The molecule has 0 saturated carbocycles. The number of alkyl halides is 3. The van der Waals surface area contributed by atoms with Gasteiger partial charge >= 0.3 is 12.1 Å². The summed E-state index contributed by atoms with van der Waals surface area (Å²) in [5.74, 6) is 0.319. The molecule has 4 rings (SSSR count). The molecule has 0 bridgehead atoms. The summed E-state index contributed by atoms with van der Waals surface area (Å²) in [6.07, 6.45) is 0.124. The average Bonchev–Trinajstić information content (AvgIpc) is 3.37. The minimum atomic E-state index is -4.45. The molecule has 1 aliphatic heterocycles. The first kappa shape index (κ1) is 23.6. The summed E-state index contributed by atoms with van der Waals surface area (Å²) >= 11 is 0. The number of benzene rings is 1. The van der Waals surface area contributed by atoms with Crippen molar-refractivity contribution in [3.63, 3.8) is 0 Å². The fourth-order valence-corrected chi connectivity index (χ4v) is 3.84. The summed E-state index contributed by atoms with van der Waals surface area (Å²) < 4.78 is 50.2. The summed E-state index contributed by atoms with van der Waals surface area (Å²) in [5.41, 5.74) is -0.0113. The Morgan fingerprint density at radius 1 is 1.15 bits per heavy atom. The summed E-state index contributed by atoms with van der Waals surface area (Å²) in [6.45, 7) is 3.37. The van der Waals surface area contributed by atoms with Gasteiger partial charge in [-0.15, -0.1) is 0 Å². The van der Waals surface area contributed by atoms with Gasteiger partial charge in [0, 0.05) is 19.6 Å². The molecule has 1 aromatic carbocycles. The number of ether oxygens (including phenoxy) is 1. The van der Waals surface area contributed by atoms with E-state index < -0.39 is 17.7 Å². The van der Waals surface area contributed by atoms with Gasteiger partial charge in [-0.2, -0.15) is 18.2 Å². The summed E-state index contributed by atoms with van der Waals surface area (Å²) in [4.78, 5) is 24.2. The van der Waals surface area contributed by atoms with Crippen molar-refractivity contribution >= 4 is 17.7 Å². The van der Waals surface area contributed by atoms with E-state index in [0.717, 1.165) is 44.5 Å². The predicted molar refractivity (Wildman–Crippen MR) is 121 cm³/mol. The molecule has 3 heterocycles. The number of anilines is 2. The van der Waals surface area contributed by atoms with Gasteiger partial charge in [-0.05, 0) is 56.0 Å². The second-order valence-corrected chi connectivity index (χ2v) is 7.89. The normalized spacial score (nSPS) is 14.2. The van der Waals surface area contributed by atoms with Crippen LogP contribution in [0.2, 0.25) is 0 Å². The summed E-state index contributed by atoms with van der Waals surface area (Å²) in [7, 11) is 0. The quantitative estimate of drug-likeness (QED) is 0.451. The zero-order chi connectivity index (χ0) is 24.1. The Kier molecular flexibility index (Phi) is 7.04. The van der Waals surface area contributed by atoms with Crippen LogP contribution >= 0.6 is 0 Å². The van der Waals surface area contributed by atoms with Gasteiger partial charge in [0.15, 0.2) is 5.76 Å². The van der Waals surface area contributed by atoms with E-state index in [0.29, 0.717) is 17.3 Å². The molecule has 1 aliphatic rings. The highest BCUT2D eigenvalue weighted by Crippen LogP contribution is 2.32. The zero-order valence-electron chi connectivity index (χ0n) is 18.7. The summed E-state index contributed by atoms with van der Waals surface area (Å²) in [6, 6.07) is 8.37. The molecule has 34 heavy (non-hydrogen) atoms. The smallest absolute Gasteiger partial charge is 0.416 e. The Hall–Kier alpha value is -3.56. The van der Waals surface area contributed by atoms with Crippen molar-refractivity contribution < 1.29 is 27.1 Å². The summed E-state index contributed by atoms with van der Waals surface area (Å²) in [5, 5.41) is 3.04. The zero-order valence-corrected chi connectivity index (χ0v) is 18.7. The van der Waals surface area contributed by atoms with Crippen LogP contribution in [0.5, 0.6) is 0 Å². The maximum atomic E-state index is 13.1. The number of hydrogen-bond acceptors (Lipinski definition) is 7. The molecule has 1 fully saturated rings. The van der Waals surface area contributed by atoms with Crippen LogP contribution in [0.15, 0.2) is 47.1 Å². The van der Waals surface area contributed by atoms with Crippen LogP contribution in [0.1, 0.15) is 47.7 Å². The van der Waals surface area contributed by atoms with Crippen LogP contribution in [-0.2, 0) is 17.5 Å². The van der Waals surface area contributed by atoms with Crippen molar-refractivity contribution in [2.45, 2.75) is 38.9 Å². The van der Waals surface area contributed by atoms with Gasteiger partial charge in [0.05, 0.1) is 18.4 Å². The Morgan fingerprint density at radius 3 is 2.62 bits per heavy atom. The van der Waals surface area contributed by atoms with Gasteiger partial charge in [-0.3, -0.25) is 0 Å². The van der Waals surface area contributed by atoms with Gasteiger partial charge < -0.3 is 19.4 Å². The molecular formula is C24H25F3N4O3. The molecular weight excluding hydrogens is 449 g/mol. The molecule has 0 radical (unpaired) electrons. The molecule has 0 spiro atoms. The van der Waals surface area contributed by atoms with E-state index in [4.69, 9.17) is 9.15 Å². The maximum absolute atomic E-state index is 13.1. The number of hydrogen-bond donors (Lipinski definition) is 1. The number of halogens is 3. The van der Waals surface area contributed by atoms with Crippen LogP contribution in [-0.4, -0.2) is 35.6 Å². The number of esters is 1. The molecule has 7 nitrogen and oxygen atoms in total. The molecule has 0 atom stereocenters. The number of nitrogens with one attached hydrogen (secondary N) is 1. The van der Waals surface area contributed by atoms with E-state index in [9.17, 15) is 18.0 Å². The van der Waals surface area contributed by atoms with Crippen molar-refractivity contribution in [2.24, 2.45) is 0 Å². The van der Waals surface area contributed by atoms with E-state index in [-0.39, 0.29) is 30.2 Å². The van der Waals surface area contributed by atoms with E-state index >= 15 is 0 Å². The number of carbonyl (C=O) groups excluding carboxylic acids is 1. The van der Waals surface area contributed by atoms with Crippen LogP contribution in [0.3, 0.4) is 0 Å². The molecule has 180 valence electrons. The SMILES string of the molecule is CCOC(=O)c1c(NCc2cccc(C(F)(F)F)c2)nc(N2CCCCC2)nc1-c1ccco1. The molecule has 3 aromatic rings. The van der Waals surface area contributed by atoms with Crippen LogP contribution in [0.4, 0.5) is 24.9 Å². The maximum Gasteiger partial charge on any atom is 0.416 e. The Morgan fingerprint density at radius 2 is 1.94 bits per heavy atom. The number of carbonyl (C=O) groups is 1. The Bertz CT molecular complexity index is 1130. The molecule has 10 heteroatoms. The number of furan rings is 1. The monoisotopic (exact) mass is 474 g/mol. The van der Waals surface area contributed by atoms with Crippen LogP contribution in [0.25, 0.3) is 11.5 Å². The lowest BCUT2D eigenvalue weighted by Gasteiger charge is -2.27. The molecule has 0 amide bonds. The Labute approximate surface area is 195 Å². The second kappa shape index (κ2) is 10.1. The lowest BCUT2D eigenvalue weighted by Crippen LogP contribution is -2.31. The second-order valence-electron chi connectivity index (χ2n) is 7.89. The van der Waals surface area contributed by atoms with E-state index in [1.807, 2.05) is 4.90 Å². The molecule has 1 N–H and O–H groups in total. The Balaban J connectivity index is 1.75. The number of nitrogens with zero attached hydrogens (tertiary/aromatic N) is 3. The van der Waals surface area contributed by atoms with E-state index in [2.05, 4.69) is 15.3 Å². The van der Waals surface area contributed by atoms with Crippen molar-refractivity contribution in [2.75, 3.05) is 29.9 Å². The third-order valence-electron chi connectivity index (χ3n) is 5.48. The molecule has 1 saturated heterocycles. The first-order chi connectivity index (χ1) is 16.4. The fraction of sp³-hybridized carbons (Fsp3) is 0.375. The van der Waals surface area contributed by atoms with Crippen molar-refractivity contribution in [1.29, 1.82) is 0 Å². The average molecular weight is 474 g/mol. The highest BCUT2D eigenvalue weighted by molar-refractivity contribution is 6.00. The van der Waals surface area contributed by atoms with E-state index in [1.165, 1.54) is 12.3 Å². The van der Waals surface area contributed by atoms with Gasteiger partial charge in [0.1, 0.15) is 17.1 Å². The minimum Gasteiger partial charge on any atom is -0.463 e. The van der Waals surface area contributed by atoms with Crippen molar-refractivity contribution in [1.82, 2.24) is 9.97 Å². The molecule has 0 aliphatic carbocycles. The van der Waals surface area contributed by atoms with Gasteiger partial charge in [0.25, 0.3) is 0 Å². The van der Waals surface area contributed by atoms with Gasteiger partial charge in [-0.1, -0.05) is 12.1 Å². The fourth-order valence-electron chi connectivity index (χ4n) is 3.84. The number of rotatable bonds is 7. The van der Waals surface area contributed by atoms with Crippen molar-refractivity contribution in [3.05, 3.63) is 59.4 Å². The molecule has 2 aromatic heterocycles. The lowest BCUT2D eigenvalue weighted by molar-refractivity contribution is -0.137. The third-order valence-corrected chi connectivity index (χ3v) is 5.48. The minimum absolute atomic E-state index is 0.0182.